The average molecular weight is 512 g/mol. The summed E-state index contributed by atoms with van der Waals surface area (Å²) in [5.74, 6) is 1.71. The van der Waals surface area contributed by atoms with Gasteiger partial charge in [0.05, 0.1) is 16.7 Å². The number of hydrogen-bond donors (Lipinski definition) is 2. The van der Waals surface area contributed by atoms with Crippen LogP contribution in [0.25, 0.3) is 33.3 Å². The van der Waals surface area contributed by atoms with Gasteiger partial charge in [0.25, 0.3) is 0 Å². The molecule has 3 atom stereocenters. The third-order valence-electron chi connectivity index (χ3n) is 7.32. The maximum atomic E-state index is 6.71. The Morgan fingerprint density at radius 3 is 2.79 bits per heavy atom. The highest BCUT2D eigenvalue weighted by molar-refractivity contribution is 7.10. The molecule has 12 heteroatoms. The second-order valence-electron chi connectivity index (χ2n) is 9.00. The molecule has 3 N–H and O–H groups in total. The number of halogens is 2. The van der Waals surface area contributed by atoms with Crippen molar-refractivity contribution in [2.45, 2.75) is 5.41 Å². The molecule has 1 unspecified atom stereocenters. The van der Waals surface area contributed by atoms with Gasteiger partial charge < -0.3 is 10.6 Å². The maximum Gasteiger partial charge on any atom is 0.177 e. The Labute approximate surface area is 207 Å². The van der Waals surface area contributed by atoms with Crippen LogP contribution < -0.4 is 10.6 Å². The van der Waals surface area contributed by atoms with Gasteiger partial charge >= 0.3 is 0 Å². The van der Waals surface area contributed by atoms with Gasteiger partial charge in [0, 0.05) is 54.6 Å². The van der Waals surface area contributed by atoms with E-state index in [1.807, 2.05) is 37.0 Å². The van der Waals surface area contributed by atoms with Crippen molar-refractivity contribution in [1.82, 2.24) is 34.9 Å². The fourth-order valence-electron chi connectivity index (χ4n) is 5.59. The molecule has 0 amide bonds. The third-order valence-corrected chi connectivity index (χ3v) is 9.09. The SMILES string of the molecule is Cn1cc2c(Cl)c(-c3n[nH]c4nc(N5C[C@@H]6[C@H](C5)C6(CN)c5nc(Cl)cs5)cnc34)ccc2n1. The first-order valence-corrected chi connectivity index (χ1v) is 12.5. The number of aryl methyl sites for hydroxylation is 1. The third kappa shape index (κ3) is 2.73. The zero-order valence-corrected chi connectivity index (χ0v) is 20.4. The second-order valence-corrected chi connectivity index (χ2v) is 10.6. The first-order valence-electron chi connectivity index (χ1n) is 10.9. The van der Waals surface area contributed by atoms with Crippen LogP contribution in [0.2, 0.25) is 10.2 Å². The van der Waals surface area contributed by atoms with Crippen LogP contribution in [0.5, 0.6) is 0 Å². The van der Waals surface area contributed by atoms with E-state index in [0.29, 0.717) is 45.4 Å². The van der Waals surface area contributed by atoms with Crippen LogP contribution in [0.4, 0.5) is 5.82 Å². The van der Waals surface area contributed by atoms with Gasteiger partial charge in [-0.3, -0.25) is 9.78 Å². The summed E-state index contributed by atoms with van der Waals surface area (Å²) in [5, 5.41) is 16.9. The first-order chi connectivity index (χ1) is 16.5. The number of anilines is 1. The molecule has 0 spiro atoms. The molecule has 2 aliphatic rings. The van der Waals surface area contributed by atoms with E-state index in [2.05, 4.69) is 25.2 Å². The second kappa shape index (κ2) is 7.11. The van der Waals surface area contributed by atoms with Gasteiger partial charge in [-0.05, 0) is 24.0 Å². The van der Waals surface area contributed by atoms with Crippen molar-refractivity contribution in [3.05, 3.63) is 45.1 Å². The molecular weight excluding hydrogens is 493 g/mol. The quantitative estimate of drug-likeness (QED) is 0.378. The lowest BCUT2D eigenvalue weighted by molar-refractivity contribution is 0.550. The van der Waals surface area contributed by atoms with Crippen LogP contribution in [0, 0.1) is 11.8 Å². The number of piperidine rings is 1. The molecule has 2 fully saturated rings. The average Bonchev–Trinajstić information content (AvgIpc) is 3.44. The largest absolute Gasteiger partial charge is 0.355 e. The number of aromatic nitrogens is 7. The summed E-state index contributed by atoms with van der Waals surface area (Å²) in [6.45, 7) is 2.31. The Morgan fingerprint density at radius 2 is 2.06 bits per heavy atom. The summed E-state index contributed by atoms with van der Waals surface area (Å²) in [5.41, 5.74) is 9.79. The van der Waals surface area contributed by atoms with E-state index in [4.69, 9.17) is 38.9 Å². The normalized spacial score (nSPS) is 23.8. The Balaban J connectivity index is 1.18. The Morgan fingerprint density at radius 1 is 1.24 bits per heavy atom. The van der Waals surface area contributed by atoms with E-state index >= 15 is 0 Å². The van der Waals surface area contributed by atoms with E-state index in [-0.39, 0.29) is 5.41 Å². The molecule has 172 valence electrons. The predicted octanol–water partition coefficient (Wildman–Crippen LogP) is 3.63. The van der Waals surface area contributed by atoms with Gasteiger partial charge in [-0.15, -0.1) is 11.3 Å². The van der Waals surface area contributed by atoms with Gasteiger partial charge in [0.2, 0.25) is 0 Å². The minimum Gasteiger partial charge on any atom is -0.355 e. The number of nitrogens with two attached hydrogens (primary N) is 1. The Hall–Kier alpha value is -2.79. The van der Waals surface area contributed by atoms with Crippen LogP contribution in [0.1, 0.15) is 5.01 Å². The molecule has 4 aromatic heterocycles. The van der Waals surface area contributed by atoms with Crippen molar-refractivity contribution in [2.75, 3.05) is 24.5 Å². The van der Waals surface area contributed by atoms with E-state index < -0.39 is 0 Å². The molecule has 1 saturated carbocycles. The summed E-state index contributed by atoms with van der Waals surface area (Å²) in [6.07, 6.45) is 3.71. The van der Waals surface area contributed by atoms with Crippen LogP contribution in [-0.2, 0) is 12.5 Å². The highest BCUT2D eigenvalue weighted by Gasteiger charge is 2.69. The number of fused-ring (bicyclic) bond motifs is 3. The standard InChI is InChI=1S/C22H19Cl2N9S/c1-32-5-11-14(31-32)3-2-10(17(11)24)18-19-20(30-29-18)28-16(4-26-19)33-6-12-13(7-33)22(12,9-25)21-27-15(23)8-34-21/h2-5,8,12-13H,6-7,9,25H2,1H3,(H,28,29,30)/t12-,13+,22?. The van der Waals surface area contributed by atoms with Crippen LogP contribution >= 0.6 is 34.5 Å². The number of hydrogen-bond acceptors (Lipinski definition) is 8. The van der Waals surface area contributed by atoms with Gasteiger partial charge in [0.1, 0.15) is 27.2 Å². The smallest absolute Gasteiger partial charge is 0.177 e. The van der Waals surface area contributed by atoms with Crippen molar-refractivity contribution < 1.29 is 0 Å². The minimum atomic E-state index is -0.0608. The lowest BCUT2D eigenvalue weighted by Gasteiger charge is -2.25. The van der Waals surface area contributed by atoms with Crippen molar-refractivity contribution >= 4 is 62.4 Å². The molecule has 0 bridgehead atoms. The number of nitrogens with one attached hydrogen (secondary N) is 1. The molecule has 1 aromatic carbocycles. The predicted molar refractivity (Wildman–Crippen MR) is 133 cm³/mol. The summed E-state index contributed by atoms with van der Waals surface area (Å²) in [7, 11) is 1.87. The molecule has 5 heterocycles. The lowest BCUT2D eigenvalue weighted by atomic mass is 10.0. The molecule has 34 heavy (non-hydrogen) atoms. The topological polar surface area (TPSA) is 114 Å². The number of nitrogens with zero attached hydrogens (tertiary/aromatic N) is 7. The minimum absolute atomic E-state index is 0.0608. The molecule has 9 nitrogen and oxygen atoms in total. The van der Waals surface area contributed by atoms with Crippen LogP contribution in [0.3, 0.4) is 0 Å². The number of benzene rings is 1. The summed E-state index contributed by atoms with van der Waals surface area (Å²) in [4.78, 5) is 16.3. The molecule has 1 aliphatic carbocycles. The first kappa shape index (κ1) is 20.6. The monoisotopic (exact) mass is 511 g/mol. The summed E-state index contributed by atoms with van der Waals surface area (Å²) >= 11 is 14.4. The molecule has 5 aromatic rings. The highest BCUT2D eigenvalue weighted by atomic mass is 35.5. The maximum absolute atomic E-state index is 6.71. The van der Waals surface area contributed by atoms with E-state index in [1.54, 1.807) is 16.0 Å². The van der Waals surface area contributed by atoms with E-state index in [9.17, 15) is 0 Å². The van der Waals surface area contributed by atoms with Crippen LogP contribution in [0.15, 0.2) is 29.9 Å². The van der Waals surface area contributed by atoms with E-state index in [1.165, 1.54) is 0 Å². The van der Waals surface area contributed by atoms with Crippen molar-refractivity contribution in [3.63, 3.8) is 0 Å². The Bertz CT molecular complexity index is 1580. The van der Waals surface area contributed by atoms with Gasteiger partial charge in [-0.2, -0.15) is 10.2 Å². The summed E-state index contributed by atoms with van der Waals surface area (Å²) in [6, 6.07) is 3.86. The molecule has 1 aliphatic heterocycles. The van der Waals surface area contributed by atoms with Crippen molar-refractivity contribution in [1.29, 1.82) is 0 Å². The lowest BCUT2D eigenvalue weighted by Crippen LogP contribution is -2.35. The molecular formula is C22H19Cl2N9S. The number of thiazole rings is 1. The van der Waals surface area contributed by atoms with Gasteiger partial charge in [0.15, 0.2) is 5.65 Å². The van der Waals surface area contributed by atoms with Gasteiger partial charge in [-0.1, -0.05) is 23.2 Å². The molecule has 0 radical (unpaired) electrons. The molecule has 7 rings (SSSR count). The number of H-pyrrole nitrogens is 1. The number of rotatable bonds is 4. The van der Waals surface area contributed by atoms with Gasteiger partial charge in [-0.25, -0.2) is 15.0 Å². The van der Waals surface area contributed by atoms with Crippen molar-refractivity contribution in [2.24, 2.45) is 24.6 Å². The fraction of sp³-hybridized carbons (Fsp3) is 0.318. The highest BCUT2D eigenvalue weighted by Crippen LogP contribution is 2.63. The zero-order valence-electron chi connectivity index (χ0n) is 18.0. The van der Waals surface area contributed by atoms with E-state index in [0.717, 1.165) is 40.4 Å². The van der Waals surface area contributed by atoms with Crippen molar-refractivity contribution in [3.8, 4) is 11.3 Å². The fourth-order valence-corrected chi connectivity index (χ4v) is 7.18. The molecule has 1 saturated heterocycles. The zero-order chi connectivity index (χ0) is 23.2. The number of aromatic amines is 1. The van der Waals surface area contributed by atoms with Crippen LogP contribution in [-0.4, -0.2) is 54.6 Å². The Kier molecular flexibility index (Phi) is 4.30. The summed E-state index contributed by atoms with van der Waals surface area (Å²) < 4.78 is 1.75.